The van der Waals surface area contributed by atoms with Gasteiger partial charge in [-0.25, -0.2) is 4.79 Å². The molecule has 0 radical (unpaired) electrons. The SMILES string of the molecule is COc1c(C)c2c(c(O)c1C/C=C(\C)COCPO)C(=O)OC2. The van der Waals surface area contributed by atoms with Gasteiger partial charge in [-0.3, -0.25) is 0 Å². The van der Waals surface area contributed by atoms with Gasteiger partial charge in [-0.1, -0.05) is 11.6 Å². The number of rotatable bonds is 7. The fraction of sp³-hybridized carbons (Fsp3) is 0.438. The van der Waals surface area contributed by atoms with Crippen LogP contribution in [-0.4, -0.2) is 36.0 Å². The lowest BCUT2D eigenvalue weighted by Gasteiger charge is -2.15. The number of hydrogen-bond donors (Lipinski definition) is 2. The number of allylic oxidation sites excluding steroid dienone is 1. The van der Waals surface area contributed by atoms with Crippen LogP contribution < -0.4 is 4.74 Å². The highest BCUT2D eigenvalue weighted by Crippen LogP contribution is 2.41. The highest BCUT2D eigenvalue weighted by Gasteiger charge is 2.31. The average Bonchev–Trinajstić information content (AvgIpc) is 2.92. The minimum Gasteiger partial charge on any atom is -0.507 e. The van der Waals surface area contributed by atoms with Crippen molar-refractivity contribution in [1.82, 2.24) is 0 Å². The number of esters is 1. The maximum Gasteiger partial charge on any atom is 0.342 e. The van der Waals surface area contributed by atoms with Crippen molar-refractivity contribution in [3.05, 3.63) is 33.9 Å². The number of ether oxygens (including phenoxy) is 3. The zero-order chi connectivity index (χ0) is 17.0. The molecular formula is C16H21O6P. The Kier molecular flexibility index (Phi) is 5.99. The van der Waals surface area contributed by atoms with Crippen molar-refractivity contribution in [1.29, 1.82) is 0 Å². The zero-order valence-corrected chi connectivity index (χ0v) is 14.4. The summed E-state index contributed by atoms with van der Waals surface area (Å²) in [6, 6.07) is 0. The van der Waals surface area contributed by atoms with Crippen molar-refractivity contribution >= 4 is 14.8 Å². The van der Waals surface area contributed by atoms with E-state index in [-0.39, 0.29) is 26.7 Å². The van der Waals surface area contributed by atoms with Crippen molar-refractivity contribution in [2.45, 2.75) is 26.9 Å². The smallest absolute Gasteiger partial charge is 0.342 e. The van der Waals surface area contributed by atoms with E-state index in [4.69, 9.17) is 19.1 Å². The number of methoxy groups -OCH3 is 1. The third-order valence-corrected chi connectivity index (χ3v) is 4.13. The van der Waals surface area contributed by atoms with E-state index < -0.39 is 5.97 Å². The first-order valence-corrected chi connectivity index (χ1v) is 8.35. The van der Waals surface area contributed by atoms with Gasteiger partial charge < -0.3 is 24.2 Å². The molecule has 1 aliphatic heterocycles. The summed E-state index contributed by atoms with van der Waals surface area (Å²) in [4.78, 5) is 20.5. The second kappa shape index (κ2) is 7.77. The fourth-order valence-corrected chi connectivity index (χ4v) is 2.81. The summed E-state index contributed by atoms with van der Waals surface area (Å²) in [6.07, 6.45) is 2.63. The summed E-state index contributed by atoms with van der Waals surface area (Å²) in [5, 5.41) is 10.5. The van der Waals surface area contributed by atoms with Crippen LogP contribution in [-0.2, 0) is 22.5 Å². The summed E-state index contributed by atoms with van der Waals surface area (Å²) in [6.45, 7) is 4.32. The van der Waals surface area contributed by atoms with Gasteiger partial charge in [0.15, 0.2) is 0 Å². The molecule has 1 atom stereocenters. The molecule has 2 N–H and O–H groups in total. The molecule has 6 nitrogen and oxygen atoms in total. The highest BCUT2D eigenvalue weighted by atomic mass is 31.1. The lowest BCUT2D eigenvalue weighted by atomic mass is 9.95. The summed E-state index contributed by atoms with van der Waals surface area (Å²) in [7, 11) is 1.31. The Hall–Kier alpha value is -1.62. The van der Waals surface area contributed by atoms with Crippen LogP contribution in [0.4, 0.5) is 0 Å². The first-order valence-electron chi connectivity index (χ1n) is 7.19. The second-order valence-corrected chi connectivity index (χ2v) is 5.93. The second-order valence-electron chi connectivity index (χ2n) is 5.32. The minimum atomic E-state index is -0.502. The Morgan fingerprint density at radius 3 is 2.87 bits per heavy atom. The Morgan fingerprint density at radius 1 is 1.48 bits per heavy atom. The van der Waals surface area contributed by atoms with Crippen molar-refractivity contribution in [3.8, 4) is 11.5 Å². The maximum atomic E-state index is 11.8. The third-order valence-electron chi connectivity index (χ3n) is 3.80. The number of hydrogen-bond acceptors (Lipinski definition) is 6. The number of benzene rings is 1. The normalized spacial score (nSPS) is 14.4. The van der Waals surface area contributed by atoms with Gasteiger partial charge in [0.25, 0.3) is 0 Å². The Balaban J connectivity index is 2.31. The molecule has 126 valence electrons. The molecule has 0 saturated carbocycles. The summed E-state index contributed by atoms with van der Waals surface area (Å²) >= 11 is 0. The molecular weight excluding hydrogens is 319 g/mol. The van der Waals surface area contributed by atoms with Gasteiger partial charge in [-0.2, -0.15) is 0 Å². The van der Waals surface area contributed by atoms with Crippen LogP contribution in [0.15, 0.2) is 11.6 Å². The number of fused-ring (bicyclic) bond motifs is 1. The van der Waals surface area contributed by atoms with Gasteiger partial charge in [0, 0.05) is 19.9 Å². The van der Waals surface area contributed by atoms with Gasteiger partial charge in [-0.15, -0.1) is 0 Å². The van der Waals surface area contributed by atoms with Crippen LogP contribution >= 0.6 is 8.81 Å². The predicted octanol–water partition coefficient (Wildman–Crippen LogP) is 2.43. The Labute approximate surface area is 136 Å². The molecule has 0 saturated heterocycles. The fourth-order valence-electron chi connectivity index (χ4n) is 2.62. The van der Waals surface area contributed by atoms with Crippen LogP contribution in [0.25, 0.3) is 0 Å². The average molecular weight is 340 g/mol. The maximum absolute atomic E-state index is 11.8. The zero-order valence-electron chi connectivity index (χ0n) is 13.4. The molecule has 23 heavy (non-hydrogen) atoms. The molecule has 0 amide bonds. The van der Waals surface area contributed by atoms with E-state index in [1.165, 1.54) is 7.11 Å². The number of aromatic hydroxyl groups is 1. The first-order chi connectivity index (χ1) is 11.0. The van der Waals surface area contributed by atoms with Crippen LogP contribution in [0.3, 0.4) is 0 Å². The van der Waals surface area contributed by atoms with Gasteiger partial charge in [-0.05, 0) is 25.8 Å². The molecule has 1 unspecified atom stereocenters. The molecule has 7 heteroatoms. The van der Waals surface area contributed by atoms with E-state index in [1.54, 1.807) is 0 Å². The van der Waals surface area contributed by atoms with Crippen molar-refractivity contribution in [2.75, 3.05) is 20.1 Å². The van der Waals surface area contributed by atoms with Crippen LogP contribution in [0.1, 0.15) is 34.0 Å². The largest absolute Gasteiger partial charge is 0.507 e. The Bertz CT molecular complexity index is 638. The van der Waals surface area contributed by atoms with Gasteiger partial charge in [0.05, 0.1) is 20.1 Å². The van der Waals surface area contributed by atoms with E-state index >= 15 is 0 Å². The molecule has 0 fully saturated rings. The third kappa shape index (κ3) is 3.66. The summed E-state index contributed by atoms with van der Waals surface area (Å²) < 4.78 is 15.7. The molecule has 1 aromatic rings. The van der Waals surface area contributed by atoms with E-state index in [0.29, 0.717) is 36.3 Å². The number of cyclic esters (lactones) is 1. The van der Waals surface area contributed by atoms with E-state index in [2.05, 4.69) is 0 Å². The van der Waals surface area contributed by atoms with Crippen molar-refractivity contribution in [3.63, 3.8) is 0 Å². The summed E-state index contributed by atoms with van der Waals surface area (Å²) in [5.74, 6) is -0.00871. The van der Waals surface area contributed by atoms with Crippen molar-refractivity contribution in [2.24, 2.45) is 0 Å². The molecule has 0 spiro atoms. The lowest BCUT2D eigenvalue weighted by molar-refractivity contribution is 0.0533. The summed E-state index contributed by atoms with van der Waals surface area (Å²) in [5.41, 5.74) is 3.25. The van der Waals surface area contributed by atoms with E-state index in [0.717, 1.165) is 11.1 Å². The van der Waals surface area contributed by atoms with E-state index in [1.807, 2.05) is 19.9 Å². The number of carbonyl (C=O) groups is 1. The van der Waals surface area contributed by atoms with E-state index in [9.17, 15) is 9.90 Å². The molecule has 1 aliphatic rings. The van der Waals surface area contributed by atoms with Crippen LogP contribution in [0, 0.1) is 6.92 Å². The Morgan fingerprint density at radius 2 is 2.22 bits per heavy atom. The minimum absolute atomic E-state index is 0.0771. The quantitative estimate of drug-likeness (QED) is 0.343. The molecule has 0 bridgehead atoms. The van der Waals surface area contributed by atoms with Crippen LogP contribution in [0.5, 0.6) is 11.5 Å². The topological polar surface area (TPSA) is 85.2 Å². The number of phenols is 1. The van der Waals surface area contributed by atoms with Gasteiger partial charge in [0.2, 0.25) is 0 Å². The predicted molar refractivity (Wildman–Crippen MR) is 87.3 cm³/mol. The first kappa shape index (κ1) is 17.7. The lowest BCUT2D eigenvalue weighted by Crippen LogP contribution is -2.03. The number of carbonyl (C=O) groups excluding carboxylic acids is 1. The molecule has 2 rings (SSSR count). The highest BCUT2D eigenvalue weighted by molar-refractivity contribution is 7.30. The molecule has 1 aromatic carbocycles. The monoisotopic (exact) mass is 340 g/mol. The molecule has 0 aliphatic carbocycles. The standard InChI is InChI=1S/C16H21O6P/c1-9(6-21-8-23-19)4-5-11-14(17)13-12(7-22-16(13)18)10(2)15(11)20-3/h4,17,19,23H,5-8H2,1-3H3/b9-4+. The van der Waals surface area contributed by atoms with Gasteiger partial charge >= 0.3 is 5.97 Å². The molecule has 0 aromatic heterocycles. The van der Waals surface area contributed by atoms with Crippen LogP contribution in [0.2, 0.25) is 0 Å². The van der Waals surface area contributed by atoms with Crippen molar-refractivity contribution < 1.29 is 29.0 Å². The molecule has 1 heterocycles. The van der Waals surface area contributed by atoms with Gasteiger partial charge in [0.1, 0.15) is 23.7 Å². The number of phenolic OH excluding ortho intramolecular Hbond substituents is 1.